The minimum atomic E-state index is -0.768. The van der Waals surface area contributed by atoms with E-state index < -0.39 is 11.6 Å². The van der Waals surface area contributed by atoms with Crippen LogP contribution >= 0.6 is 0 Å². The lowest BCUT2D eigenvalue weighted by atomic mass is 9.76. The van der Waals surface area contributed by atoms with Gasteiger partial charge in [0.1, 0.15) is 0 Å². The van der Waals surface area contributed by atoms with Crippen molar-refractivity contribution >= 4 is 0 Å². The maximum Gasteiger partial charge on any atom is 0.162 e. The molecule has 14 heavy (non-hydrogen) atoms. The molecule has 0 amide bonds. The summed E-state index contributed by atoms with van der Waals surface area (Å²) in [6.07, 6.45) is 2.59. The van der Waals surface area contributed by atoms with Crippen molar-refractivity contribution in [1.29, 1.82) is 0 Å². The largest absolute Gasteiger partial charge is 0.327 e. The number of hydrogen-bond acceptors (Lipinski definition) is 1. The van der Waals surface area contributed by atoms with Crippen LogP contribution in [0.15, 0.2) is 18.2 Å². The summed E-state index contributed by atoms with van der Waals surface area (Å²) >= 11 is 0. The molecule has 2 atom stereocenters. The molecule has 0 spiro atoms. The van der Waals surface area contributed by atoms with Gasteiger partial charge in [-0.15, -0.1) is 0 Å². The van der Waals surface area contributed by atoms with E-state index >= 15 is 0 Å². The van der Waals surface area contributed by atoms with Crippen LogP contribution in [-0.4, -0.2) is 6.04 Å². The van der Waals surface area contributed by atoms with Crippen LogP contribution in [0.25, 0.3) is 0 Å². The molecule has 0 aliphatic heterocycles. The zero-order valence-corrected chi connectivity index (χ0v) is 7.84. The maximum absolute atomic E-state index is 13.2. The van der Waals surface area contributed by atoms with E-state index in [0.29, 0.717) is 17.9 Å². The van der Waals surface area contributed by atoms with Crippen molar-refractivity contribution in [3.63, 3.8) is 0 Å². The van der Waals surface area contributed by atoms with Gasteiger partial charge in [-0.3, -0.25) is 0 Å². The first-order valence-corrected chi connectivity index (χ1v) is 4.87. The molecule has 76 valence electrons. The Balaban J connectivity index is 2.12. The Kier molecular flexibility index (Phi) is 2.50. The number of halogens is 2. The molecule has 0 radical (unpaired) electrons. The molecule has 0 bridgehead atoms. The molecular weight excluding hydrogens is 184 g/mol. The van der Waals surface area contributed by atoms with Crippen LogP contribution < -0.4 is 5.73 Å². The minimum absolute atomic E-state index is 0.165. The van der Waals surface area contributed by atoms with Gasteiger partial charge in [0.25, 0.3) is 0 Å². The lowest BCUT2D eigenvalue weighted by Crippen LogP contribution is -2.40. The van der Waals surface area contributed by atoms with Gasteiger partial charge in [0.15, 0.2) is 11.6 Å². The first kappa shape index (κ1) is 9.59. The number of nitrogens with two attached hydrogens (primary N) is 1. The van der Waals surface area contributed by atoms with E-state index in [1.165, 1.54) is 6.07 Å². The highest BCUT2D eigenvalue weighted by Crippen LogP contribution is 2.29. The normalized spacial score (nSPS) is 25.9. The molecule has 1 aromatic carbocycles. The highest BCUT2D eigenvalue weighted by atomic mass is 19.2. The highest BCUT2D eigenvalue weighted by Gasteiger charge is 2.28. The Morgan fingerprint density at radius 3 is 2.64 bits per heavy atom. The fourth-order valence-corrected chi connectivity index (χ4v) is 1.84. The Bertz CT molecular complexity index is 338. The number of benzene rings is 1. The molecule has 1 aliphatic carbocycles. The van der Waals surface area contributed by atoms with Crippen LogP contribution in [0.5, 0.6) is 0 Å². The third-order valence-corrected chi connectivity index (χ3v) is 2.99. The van der Waals surface area contributed by atoms with Gasteiger partial charge in [0.05, 0.1) is 0 Å². The van der Waals surface area contributed by atoms with Crippen molar-refractivity contribution in [1.82, 2.24) is 0 Å². The van der Waals surface area contributed by atoms with E-state index in [0.717, 1.165) is 18.9 Å². The number of rotatable bonds is 2. The van der Waals surface area contributed by atoms with Crippen LogP contribution in [0.3, 0.4) is 0 Å². The summed E-state index contributed by atoms with van der Waals surface area (Å²) in [6.45, 7) is 0. The predicted molar refractivity (Wildman–Crippen MR) is 50.8 cm³/mol. The lowest BCUT2D eigenvalue weighted by molar-refractivity contribution is 0.253. The highest BCUT2D eigenvalue weighted by molar-refractivity contribution is 5.20. The number of hydrogen-bond donors (Lipinski definition) is 1. The van der Waals surface area contributed by atoms with Crippen molar-refractivity contribution in [2.24, 2.45) is 11.7 Å². The molecule has 0 saturated heterocycles. The molecule has 1 aliphatic rings. The van der Waals surface area contributed by atoms with Crippen LogP contribution in [0, 0.1) is 17.6 Å². The van der Waals surface area contributed by atoms with Gasteiger partial charge in [-0.1, -0.05) is 12.1 Å². The summed E-state index contributed by atoms with van der Waals surface area (Å²) in [4.78, 5) is 0. The van der Waals surface area contributed by atoms with E-state index in [4.69, 9.17) is 5.73 Å². The van der Waals surface area contributed by atoms with E-state index in [1.54, 1.807) is 6.07 Å². The summed E-state index contributed by atoms with van der Waals surface area (Å²) in [5, 5.41) is 0. The summed E-state index contributed by atoms with van der Waals surface area (Å²) in [7, 11) is 0. The van der Waals surface area contributed by atoms with Crippen molar-refractivity contribution < 1.29 is 8.78 Å². The standard InChI is InChI=1S/C11H13F2N/c12-9-3-1-2-8(11(9)13)6-7-4-5-10(7)14/h1-3,7,10H,4-6,14H2. The average molecular weight is 197 g/mol. The van der Waals surface area contributed by atoms with Gasteiger partial charge >= 0.3 is 0 Å². The molecule has 2 rings (SSSR count). The second-order valence-corrected chi connectivity index (χ2v) is 3.92. The molecule has 2 unspecified atom stereocenters. The van der Waals surface area contributed by atoms with Gasteiger partial charge in [0, 0.05) is 6.04 Å². The zero-order valence-electron chi connectivity index (χ0n) is 7.84. The SMILES string of the molecule is NC1CCC1Cc1cccc(F)c1F. The Hall–Kier alpha value is -0.960. The quantitative estimate of drug-likeness (QED) is 0.773. The third-order valence-electron chi connectivity index (χ3n) is 2.99. The topological polar surface area (TPSA) is 26.0 Å². The lowest BCUT2D eigenvalue weighted by Gasteiger charge is -2.33. The van der Waals surface area contributed by atoms with Crippen LogP contribution in [0.2, 0.25) is 0 Å². The van der Waals surface area contributed by atoms with E-state index in [1.807, 2.05) is 0 Å². The van der Waals surface area contributed by atoms with Gasteiger partial charge in [-0.05, 0) is 36.8 Å². The summed E-state index contributed by atoms with van der Waals surface area (Å²) in [5.74, 6) is -1.16. The molecule has 1 fully saturated rings. The minimum Gasteiger partial charge on any atom is -0.327 e. The summed E-state index contributed by atoms with van der Waals surface area (Å²) < 4.78 is 26.1. The van der Waals surface area contributed by atoms with Gasteiger partial charge in [0.2, 0.25) is 0 Å². The fourth-order valence-electron chi connectivity index (χ4n) is 1.84. The van der Waals surface area contributed by atoms with Crippen molar-refractivity contribution in [2.75, 3.05) is 0 Å². The summed E-state index contributed by atoms with van der Waals surface area (Å²) in [5.41, 5.74) is 6.19. The Morgan fingerprint density at radius 1 is 1.29 bits per heavy atom. The molecule has 2 N–H and O–H groups in total. The first-order valence-electron chi connectivity index (χ1n) is 4.87. The molecule has 0 heterocycles. The predicted octanol–water partition coefficient (Wildman–Crippen LogP) is 2.24. The first-order chi connectivity index (χ1) is 6.68. The molecular formula is C11H13F2N. The second-order valence-electron chi connectivity index (χ2n) is 3.92. The monoisotopic (exact) mass is 197 g/mol. The molecule has 1 saturated carbocycles. The average Bonchev–Trinajstić information content (AvgIpc) is 2.18. The molecule has 1 nitrogen and oxygen atoms in total. The summed E-state index contributed by atoms with van der Waals surface area (Å²) in [6, 6.07) is 4.47. The van der Waals surface area contributed by atoms with Gasteiger partial charge < -0.3 is 5.73 Å². The van der Waals surface area contributed by atoms with Gasteiger partial charge in [-0.25, -0.2) is 8.78 Å². The van der Waals surface area contributed by atoms with Gasteiger partial charge in [-0.2, -0.15) is 0 Å². The Labute approximate surface area is 81.9 Å². The third kappa shape index (κ3) is 1.64. The van der Waals surface area contributed by atoms with Crippen molar-refractivity contribution in [2.45, 2.75) is 25.3 Å². The van der Waals surface area contributed by atoms with Crippen LogP contribution in [-0.2, 0) is 6.42 Å². The zero-order chi connectivity index (χ0) is 10.1. The van der Waals surface area contributed by atoms with Crippen molar-refractivity contribution in [3.8, 4) is 0 Å². The fraction of sp³-hybridized carbons (Fsp3) is 0.455. The smallest absolute Gasteiger partial charge is 0.162 e. The molecule has 3 heteroatoms. The van der Waals surface area contributed by atoms with E-state index in [2.05, 4.69) is 0 Å². The van der Waals surface area contributed by atoms with Crippen LogP contribution in [0.1, 0.15) is 18.4 Å². The second kappa shape index (κ2) is 3.65. The Morgan fingerprint density at radius 2 is 2.07 bits per heavy atom. The van der Waals surface area contributed by atoms with Crippen molar-refractivity contribution in [3.05, 3.63) is 35.4 Å². The maximum atomic E-state index is 13.2. The molecule has 1 aromatic rings. The molecule has 0 aromatic heterocycles. The van der Waals surface area contributed by atoms with Crippen LogP contribution in [0.4, 0.5) is 8.78 Å². The van der Waals surface area contributed by atoms with E-state index in [-0.39, 0.29) is 6.04 Å². The van der Waals surface area contributed by atoms with E-state index in [9.17, 15) is 8.78 Å².